The van der Waals surface area contributed by atoms with Crippen LogP contribution in [0.5, 0.6) is 0 Å². The van der Waals surface area contributed by atoms with Crippen LogP contribution in [0, 0.1) is 0 Å². The summed E-state index contributed by atoms with van der Waals surface area (Å²) in [6.45, 7) is 0. The molecule has 0 aliphatic rings. The minimum absolute atomic E-state index is 0. The molecule has 0 saturated heterocycles. The summed E-state index contributed by atoms with van der Waals surface area (Å²) in [5.41, 5.74) is 0. The predicted octanol–water partition coefficient (Wildman–Crippen LogP) is -4.05. The number of rotatable bonds is 0. The molecule has 0 aliphatic carbocycles. The van der Waals surface area contributed by atoms with Gasteiger partial charge in [0.15, 0.2) is 0 Å². The van der Waals surface area contributed by atoms with Gasteiger partial charge in [-0.05, 0) is 0 Å². The van der Waals surface area contributed by atoms with Crippen molar-refractivity contribution < 1.29 is 171 Å². The van der Waals surface area contributed by atoms with E-state index >= 15 is 0 Å². The van der Waals surface area contributed by atoms with Gasteiger partial charge in [0.25, 0.3) is 0 Å². The summed E-state index contributed by atoms with van der Waals surface area (Å²) in [7, 11) is 0. The van der Waals surface area contributed by atoms with Crippen molar-refractivity contribution in [2.45, 2.75) is 0 Å². The first-order chi connectivity index (χ1) is 2.00. The van der Waals surface area contributed by atoms with Gasteiger partial charge in [0.05, 0.1) is 0 Å². The molecule has 96 valence electrons. The smallest absolute Gasteiger partial charge is 2.00 e. The molecule has 0 unspecified atom stereocenters. The van der Waals surface area contributed by atoms with Crippen LogP contribution in [0.25, 0.3) is 0 Å². The topological polar surface area (TPSA) is 320 Å². The van der Waals surface area contributed by atoms with Crippen LogP contribution in [0.3, 0.4) is 0 Å². The van der Waals surface area contributed by atoms with E-state index in [1.54, 1.807) is 0 Å². The van der Waals surface area contributed by atoms with Crippen LogP contribution >= 0.6 is 0 Å². The fraction of sp³-hybridized carbons (Fsp3) is 0. The van der Waals surface area contributed by atoms with Gasteiger partial charge >= 0.3 is 127 Å². The van der Waals surface area contributed by atoms with Gasteiger partial charge < -0.3 is 43.8 Å². The fourth-order valence-electron chi connectivity index (χ4n) is 0. The minimum atomic E-state index is -5.75. The van der Waals surface area contributed by atoms with Crippen molar-refractivity contribution in [3.05, 3.63) is 0 Å². The maximum Gasteiger partial charge on any atom is 2.00 e. The zero-order chi connectivity index (χ0) is 4.50. The summed E-state index contributed by atoms with van der Waals surface area (Å²) in [5, 5.41) is 0. The van der Waals surface area contributed by atoms with Gasteiger partial charge in [-0.15, -0.1) is 0 Å². The Morgan fingerprint density at radius 1 is 0.444 bits per heavy atom. The van der Waals surface area contributed by atoms with Gasteiger partial charge in [-0.3, -0.25) is 0 Å². The van der Waals surface area contributed by atoms with E-state index in [9.17, 15) is 0 Å². The van der Waals surface area contributed by atoms with Crippen molar-refractivity contribution in [2.75, 3.05) is 0 Å². The Labute approximate surface area is 169 Å². The third-order valence-corrected chi connectivity index (χ3v) is 0. The van der Waals surface area contributed by atoms with Crippen molar-refractivity contribution >= 4 is 0 Å². The van der Waals surface area contributed by atoms with Gasteiger partial charge in [-0.25, -0.2) is 0 Å². The predicted molar refractivity (Wildman–Crippen MR) is 16.9 cm³/mol. The Hall–Kier alpha value is 2.85. The number of hydrogen-bond acceptors (Lipinski definition) is 12. The first kappa shape index (κ1) is 175. The summed E-state index contributed by atoms with van der Waals surface area (Å²) >= 11 is -5.75. The monoisotopic (exact) mass is 572 g/mol. The van der Waals surface area contributed by atoms with E-state index in [1.165, 1.54) is 0 Å². The summed E-state index contributed by atoms with van der Waals surface area (Å²) in [6, 6.07) is 0. The molecule has 0 aromatic rings. The maximum atomic E-state index is 8.59. The van der Waals surface area contributed by atoms with Crippen LogP contribution < -0.4 is 8.32 Å². The van der Waals surface area contributed by atoms with E-state index < -0.39 is 13.6 Å². The molecule has 0 fully saturated rings. The quantitative estimate of drug-likeness (QED) is 0.248. The molecule has 0 aromatic carbocycles. The Bertz CT molecular complexity index is 104. The van der Waals surface area contributed by atoms with Gasteiger partial charge in [-0.2, -0.15) is 0 Å². The summed E-state index contributed by atoms with van der Waals surface area (Å²) in [6.07, 6.45) is 0. The number of hydrogen-bond donors (Lipinski definition) is 0. The van der Waals surface area contributed by atoms with E-state index in [2.05, 4.69) is 0 Å². The third-order valence-electron chi connectivity index (χ3n) is 0. The summed E-state index contributed by atoms with van der Waals surface area (Å²) < 4.78 is 34.4. The molecular weight excluding hydrogens is 571 g/mol. The van der Waals surface area contributed by atoms with Crippen molar-refractivity contribution in [2.24, 2.45) is 0 Å². The second-order valence-electron chi connectivity index (χ2n) is 0.408. The largest absolute Gasteiger partial charge is 2.00 e. The van der Waals surface area contributed by atoms with E-state index in [4.69, 9.17) is 15.9 Å². The molecule has 12 nitrogen and oxygen atoms in total. The molecule has 0 aromatic heterocycles. The maximum absolute atomic E-state index is 8.59. The van der Waals surface area contributed by atoms with Gasteiger partial charge in [-0.1, -0.05) is 0 Å². The molecule has 0 radical (unpaired) electrons. The fourth-order valence-corrected chi connectivity index (χ4v) is 0. The molecule has 8 N–H and O–H groups in total. The molecule has 18 heteroatoms. The van der Waals surface area contributed by atoms with Crippen LogP contribution in [-0.4, -0.2) is 43.8 Å². The molecule has 0 bridgehead atoms. The summed E-state index contributed by atoms with van der Waals surface area (Å²) in [5.74, 6) is 0. The Balaban J connectivity index is -0.00000000103. The normalized spacial score (nSPS) is 3.22. The SMILES string of the molecule is [OH-].[OH-].[OH-].[OH-].[OH-].[OH-].[OH-].[OH-].[O]=[Cr](=[O])([O-])[O-].[Zn+2].[Zn+2].[Zn+2].[Zn+2].[Zn+2]. The van der Waals surface area contributed by atoms with Crippen molar-refractivity contribution in [3.8, 4) is 0 Å². The van der Waals surface area contributed by atoms with E-state index in [-0.39, 0.29) is 141 Å². The standard InChI is InChI=1S/Cr.8H2O.4O.5Zn/h;8*1H2;;;;;;;;;/q;;;;;;;;;;;2*-1;5*+2/p-8. The van der Waals surface area contributed by atoms with E-state index in [1.807, 2.05) is 0 Å². The molecule has 0 saturated carbocycles. The van der Waals surface area contributed by atoms with E-state index in [0.717, 1.165) is 0 Å². The van der Waals surface area contributed by atoms with Crippen molar-refractivity contribution in [1.82, 2.24) is 0 Å². The van der Waals surface area contributed by atoms with Crippen molar-refractivity contribution in [1.29, 1.82) is 0 Å². The molecule has 0 rings (SSSR count). The molecule has 0 spiro atoms. The second kappa shape index (κ2) is 90.1. The van der Waals surface area contributed by atoms with Crippen LogP contribution in [-0.2, 0) is 119 Å². The van der Waals surface area contributed by atoms with Gasteiger partial charge in [0, 0.05) is 0 Å². The summed E-state index contributed by atoms with van der Waals surface area (Å²) in [4.78, 5) is 0. The van der Waals surface area contributed by atoms with Crippen LogP contribution in [0.1, 0.15) is 0 Å². The van der Waals surface area contributed by atoms with Gasteiger partial charge in [0.2, 0.25) is 0 Å². The Morgan fingerprint density at radius 3 is 0.444 bits per heavy atom. The Kier molecular flexibility index (Phi) is 876. The van der Waals surface area contributed by atoms with Crippen molar-refractivity contribution in [3.63, 3.8) is 0 Å². The molecule has 0 aliphatic heterocycles. The molecule has 0 heterocycles. The van der Waals surface area contributed by atoms with E-state index in [0.29, 0.717) is 0 Å². The molecule has 18 heavy (non-hydrogen) atoms. The molecular formula is H8CrO12Zn5. The molecule has 0 amide bonds. The average molecular weight is 579 g/mol. The average Bonchev–Trinajstić information content (AvgIpc) is 0.722. The molecule has 0 atom stereocenters. The Morgan fingerprint density at radius 2 is 0.444 bits per heavy atom. The van der Waals surface area contributed by atoms with Crippen LogP contribution in [0.15, 0.2) is 0 Å². The van der Waals surface area contributed by atoms with Crippen LogP contribution in [0.4, 0.5) is 0 Å². The zero-order valence-electron chi connectivity index (χ0n) is 9.15. The third kappa shape index (κ3) is 740. The minimum Gasteiger partial charge on any atom is 2.00 e. The first-order valence-corrected chi connectivity index (χ1v) is 2.75. The zero-order valence-corrected chi connectivity index (χ0v) is 25.3. The van der Waals surface area contributed by atoms with Gasteiger partial charge in [0.1, 0.15) is 0 Å². The second-order valence-corrected chi connectivity index (χ2v) is 1.68. The first-order valence-electron chi connectivity index (χ1n) is 0.667. The van der Waals surface area contributed by atoms with Crippen LogP contribution in [0.2, 0.25) is 0 Å².